The van der Waals surface area contributed by atoms with Gasteiger partial charge in [-0.1, -0.05) is 6.92 Å². The number of guanidine groups is 1. The number of rotatable bonds is 6. The molecule has 7 heteroatoms. The lowest BCUT2D eigenvalue weighted by Crippen LogP contribution is -2.47. The second-order valence-corrected chi connectivity index (χ2v) is 6.88. The van der Waals surface area contributed by atoms with Gasteiger partial charge in [0, 0.05) is 44.9 Å². The molecule has 1 fully saturated rings. The third kappa shape index (κ3) is 5.49. The minimum absolute atomic E-state index is 0.213. The van der Waals surface area contributed by atoms with Crippen molar-refractivity contribution < 1.29 is 4.79 Å². The first-order valence-electron chi connectivity index (χ1n) is 8.29. The number of amides is 1. The summed E-state index contributed by atoms with van der Waals surface area (Å²) in [6, 6.07) is 0. The van der Waals surface area contributed by atoms with Gasteiger partial charge in [0.25, 0.3) is 0 Å². The standard InChI is InChI=1S/C16H27N5OS/c1-3-15-20-13(11-23-15)6-7-19-16(18-2)21-8-4-5-12(10-21)9-14(17)22/h11-12H,3-10H2,1-2H3,(H2,17,22)(H,18,19). The minimum atomic E-state index is -0.213. The average molecular weight is 337 g/mol. The fourth-order valence-electron chi connectivity index (χ4n) is 2.97. The number of piperidine rings is 1. The maximum absolute atomic E-state index is 11.1. The third-order valence-corrected chi connectivity index (χ3v) is 5.13. The largest absolute Gasteiger partial charge is 0.370 e. The summed E-state index contributed by atoms with van der Waals surface area (Å²) >= 11 is 1.72. The van der Waals surface area contributed by atoms with Gasteiger partial charge in [0.2, 0.25) is 5.91 Å². The second-order valence-electron chi connectivity index (χ2n) is 5.93. The molecule has 1 aromatic heterocycles. The second kappa shape index (κ2) is 8.86. The van der Waals surface area contributed by atoms with Crippen molar-refractivity contribution in [2.45, 2.75) is 39.0 Å². The van der Waals surface area contributed by atoms with Gasteiger partial charge >= 0.3 is 0 Å². The van der Waals surface area contributed by atoms with Crippen LogP contribution in [0.1, 0.15) is 36.9 Å². The van der Waals surface area contributed by atoms with E-state index in [1.807, 2.05) is 0 Å². The van der Waals surface area contributed by atoms with Crippen molar-refractivity contribution in [3.05, 3.63) is 16.1 Å². The molecule has 1 atom stereocenters. The highest BCUT2D eigenvalue weighted by atomic mass is 32.1. The monoisotopic (exact) mass is 337 g/mol. The van der Waals surface area contributed by atoms with Crippen LogP contribution in [0.3, 0.4) is 0 Å². The van der Waals surface area contributed by atoms with Gasteiger partial charge < -0.3 is 16.0 Å². The highest BCUT2D eigenvalue weighted by molar-refractivity contribution is 7.09. The van der Waals surface area contributed by atoms with E-state index in [0.717, 1.165) is 57.0 Å². The minimum Gasteiger partial charge on any atom is -0.370 e. The van der Waals surface area contributed by atoms with Crippen LogP contribution >= 0.6 is 11.3 Å². The van der Waals surface area contributed by atoms with E-state index < -0.39 is 0 Å². The van der Waals surface area contributed by atoms with Crippen LogP contribution in [-0.4, -0.2) is 48.4 Å². The number of nitrogens with zero attached hydrogens (tertiary/aromatic N) is 3. The molecule has 1 amide bonds. The molecule has 0 spiro atoms. The molecular weight excluding hydrogens is 310 g/mol. The first-order chi connectivity index (χ1) is 11.1. The van der Waals surface area contributed by atoms with E-state index in [-0.39, 0.29) is 5.91 Å². The summed E-state index contributed by atoms with van der Waals surface area (Å²) in [5.74, 6) is 1.03. The van der Waals surface area contributed by atoms with Crippen molar-refractivity contribution in [2.24, 2.45) is 16.6 Å². The molecule has 6 nitrogen and oxygen atoms in total. The van der Waals surface area contributed by atoms with Crippen LogP contribution in [0.15, 0.2) is 10.4 Å². The number of primary amides is 1. The van der Waals surface area contributed by atoms with Crippen LogP contribution in [0.5, 0.6) is 0 Å². The van der Waals surface area contributed by atoms with Crippen LogP contribution < -0.4 is 11.1 Å². The average Bonchev–Trinajstić information content (AvgIpc) is 2.99. The van der Waals surface area contributed by atoms with Gasteiger partial charge in [-0.05, 0) is 25.2 Å². The Balaban J connectivity index is 1.81. The zero-order valence-electron chi connectivity index (χ0n) is 14.0. The van der Waals surface area contributed by atoms with E-state index in [4.69, 9.17) is 5.73 Å². The molecule has 128 valence electrons. The first kappa shape index (κ1) is 17.7. The molecule has 2 rings (SSSR count). The van der Waals surface area contributed by atoms with Gasteiger partial charge in [0.1, 0.15) is 0 Å². The number of thiazole rings is 1. The zero-order valence-corrected chi connectivity index (χ0v) is 14.9. The van der Waals surface area contributed by atoms with Crippen LogP contribution in [0.2, 0.25) is 0 Å². The molecule has 1 unspecified atom stereocenters. The molecule has 2 heterocycles. The molecule has 0 aromatic carbocycles. The lowest BCUT2D eigenvalue weighted by molar-refractivity contribution is -0.119. The van der Waals surface area contributed by atoms with E-state index in [0.29, 0.717) is 12.3 Å². The van der Waals surface area contributed by atoms with Gasteiger partial charge in [0.05, 0.1) is 10.7 Å². The molecule has 1 aromatic rings. The summed E-state index contributed by atoms with van der Waals surface area (Å²) in [7, 11) is 1.80. The molecule has 1 aliphatic rings. The predicted molar refractivity (Wildman–Crippen MR) is 94.7 cm³/mol. The molecule has 3 N–H and O–H groups in total. The van der Waals surface area contributed by atoms with E-state index >= 15 is 0 Å². The van der Waals surface area contributed by atoms with Gasteiger partial charge in [-0.15, -0.1) is 11.3 Å². The maximum Gasteiger partial charge on any atom is 0.217 e. The molecule has 0 bridgehead atoms. The van der Waals surface area contributed by atoms with E-state index in [1.165, 1.54) is 5.01 Å². The van der Waals surface area contributed by atoms with Gasteiger partial charge in [0.15, 0.2) is 5.96 Å². The fraction of sp³-hybridized carbons (Fsp3) is 0.688. The Morgan fingerprint density at radius 1 is 1.61 bits per heavy atom. The lowest BCUT2D eigenvalue weighted by Gasteiger charge is -2.34. The molecule has 1 saturated heterocycles. The Labute approximate surface area is 142 Å². The first-order valence-corrected chi connectivity index (χ1v) is 9.17. The Bertz CT molecular complexity index is 542. The smallest absolute Gasteiger partial charge is 0.217 e. The zero-order chi connectivity index (χ0) is 16.7. The molecule has 1 aliphatic heterocycles. The van der Waals surface area contributed by atoms with Gasteiger partial charge in [-0.3, -0.25) is 9.79 Å². The predicted octanol–water partition coefficient (Wildman–Crippen LogP) is 1.41. The molecule has 0 aliphatic carbocycles. The Hall–Kier alpha value is -1.63. The Morgan fingerprint density at radius 3 is 3.09 bits per heavy atom. The Kier molecular flexibility index (Phi) is 6.83. The quantitative estimate of drug-likeness (QED) is 0.607. The summed E-state index contributed by atoms with van der Waals surface area (Å²) < 4.78 is 0. The number of carbonyl (C=O) groups is 1. The lowest BCUT2D eigenvalue weighted by atomic mass is 9.95. The van der Waals surface area contributed by atoms with Gasteiger partial charge in [-0.2, -0.15) is 0 Å². The SMILES string of the molecule is CCc1nc(CCNC(=NC)N2CCCC(CC(N)=O)C2)cs1. The molecular formula is C16H27N5OS. The topological polar surface area (TPSA) is 83.6 Å². The third-order valence-electron chi connectivity index (χ3n) is 4.09. The Morgan fingerprint density at radius 2 is 2.43 bits per heavy atom. The number of aryl methyl sites for hydroxylation is 1. The van der Waals surface area contributed by atoms with Crippen molar-refractivity contribution in [2.75, 3.05) is 26.7 Å². The molecule has 0 radical (unpaired) electrons. The number of aliphatic imine (C=N–C) groups is 1. The highest BCUT2D eigenvalue weighted by Gasteiger charge is 2.23. The van der Waals surface area contributed by atoms with E-state index in [1.54, 1.807) is 18.4 Å². The summed E-state index contributed by atoms with van der Waals surface area (Å²) in [6.45, 7) is 4.77. The van der Waals surface area contributed by atoms with Crippen LogP contribution in [0.25, 0.3) is 0 Å². The molecule has 0 saturated carbocycles. The maximum atomic E-state index is 11.1. The normalized spacial score (nSPS) is 19.0. The number of aromatic nitrogens is 1. The van der Waals surface area contributed by atoms with Crippen molar-refractivity contribution in [1.29, 1.82) is 0 Å². The van der Waals surface area contributed by atoms with Crippen LogP contribution in [0, 0.1) is 5.92 Å². The van der Waals surface area contributed by atoms with Crippen molar-refractivity contribution in [3.8, 4) is 0 Å². The number of hydrogen-bond acceptors (Lipinski definition) is 4. The van der Waals surface area contributed by atoms with E-state index in [9.17, 15) is 4.79 Å². The number of nitrogens with two attached hydrogens (primary N) is 1. The van der Waals surface area contributed by atoms with Crippen LogP contribution in [-0.2, 0) is 17.6 Å². The van der Waals surface area contributed by atoms with Crippen LogP contribution in [0.4, 0.5) is 0 Å². The number of carbonyl (C=O) groups excluding carboxylic acids is 1. The van der Waals surface area contributed by atoms with Crippen molar-refractivity contribution in [3.63, 3.8) is 0 Å². The highest BCUT2D eigenvalue weighted by Crippen LogP contribution is 2.19. The van der Waals surface area contributed by atoms with E-state index in [2.05, 4.69) is 32.5 Å². The summed E-state index contributed by atoms with van der Waals surface area (Å²) in [5.41, 5.74) is 6.47. The van der Waals surface area contributed by atoms with Gasteiger partial charge in [-0.25, -0.2) is 4.98 Å². The van der Waals surface area contributed by atoms with Crippen molar-refractivity contribution >= 4 is 23.2 Å². The number of hydrogen-bond donors (Lipinski definition) is 2. The summed E-state index contributed by atoms with van der Waals surface area (Å²) in [4.78, 5) is 22.3. The summed E-state index contributed by atoms with van der Waals surface area (Å²) in [5, 5.41) is 6.73. The number of likely N-dealkylation sites (tertiary alicyclic amines) is 1. The van der Waals surface area contributed by atoms with Crippen molar-refractivity contribution in [1.82, 2.24) is 15.2 Å². The molecule has 23 heavy (non-hydrogen) atoms. The number of nitrogens with one attached hydrogen (secondary N) is 1. The fourth-order valence-corrected chi connectivity index (χ4v) is 3.75. The summed E-state index contributed by atoms with van der Waals surface area (Å²) in [6.07, 6.45) is 4.49.